The van der Waals surface area contributed by atoms with Crippen molar-refractivity contribution in [2.24, 2.45) is 5.73 Å². The number of methoxy groups -OCH3 is 1. The maximum absolute atomic E-state index is 12.7. The third kappa shape index (κ3) is 11.3. The highest BCUT2D eigenvalue weighted by Crippen LogP contribution is 2.31. The molecule has 0 aliphatic heterocycles. The molecule has 0 heterocycles. The van der Waals surface area contributed by atoms with E-state index in [1.54, 1.807) is 20.8 Å². The van der Waals surface area contributed by atoms with E-state index >= 15 is 0 Å². The fourth-order valence-corrected chi connectivity index (χ4v) is 1.78. The number of rotatable bonds is 5. The zero-order chi connectivity index (χ0) is 20.4. The van der Waals surface area contributed by atoms with Gasteiger partial charge >= 0.3 is 12.3 Å². The molecule has 0 spiro atoms. The number of carbonyl (C=O) groups is 2. The first-order valence-electron chi connectivity index (χ1n) is 7.76. The molecule has 6 nitrogen and oxygen atoms in total. The van der Waals surface area contributed by atoms with Gasteiger partial charge in [-0.3, -0.25) is 4.79 Å². The van der Waals surface area contributed by atoms with E-state index in [0.717, 1.165) is 6.07 Å². The average molecular weight is 378 g/mol. The first-order chi connectivity index (χ1) is 11.9. The number of amides is 2. The molecule has 0 aliphatic rings. The number of nitrogens with two attached hydrogens (primary N) is 1. The Kier molecular flexibility index (Phi) is 9.71. The number of alkyl halides is 3. The Hall–Kier alpha value is -2.29. The fraction of sp³-hybridized carbons (Fsp3) is 0.529. The van der Waals surface area contributed by atoms with Crippen LogP contribution in [0.1, 0.15) is 31.9 Å². The molecular formula is C17H25F3N2O4. The van der Waals surface area contributed by atoms with E-state index in [1.165, 1.54) is 25.3 Å². The molecule has 0 fully saturated rings. The first-order valence-corrected chi connectivity index (χ1v) is 7.76. The molecule has 9 heteroatoms. The average Bonchev–Trinajstić information content (AvgIpc) is 2.45. The largest absolute Gasteiger partial charge is 0.444 e. The number of primary amides is 1. The molecule has 0 aromatic heterocycles. The summed E-state index contributed by atoms with van der Waals surface area (Å²) >= 11 is 0. The molecule has 26 heavy (non-hydrogen) atoms. The summed E-state index contributed by atoms with van der Waals surface area (Å²) in [7, 11) is 1.48. The monoisotopic (exact) mass is 378 g/mol. The highest BCUT2D eigenvalue weighted by Gasteiger charge is 2.33. The van der Waals surface area contributed by atoms with Gasteiger partial charge in [-0.05, 0) is 32.4 Å². The Balaban J connectivity index is 0.000000660. The number of hydrogen-bond acceptors (Lipinski definition) is 4. The van der Waals surface area contributed by atoms with Gasteiger partial charge in [-0.15, -0.1) is 0 Å². The summed E-state index contributed by atoms with van der Waals surface area (Å²) < 4.78 is 47.3. The van der Waals surface area contributed by atoms with Crippen LogP contribution in [0.3, 0.4) is 0 Å². The minimum Gasteiger partial charge on any atom is -0.444 e. The maximum Gasteiger partial charge on any atom is 0.416 e. The van der Waals surface area contributed by atoms with Crippen molar-refractivity contribution in [2.75, 3.05) is 20.3 Å². The summed E-state index contributed by atoms with van der Waals surface area (Å²) in [6.45, 7) is 5.89. The Bertz CT molecular complexity index is 584. The van der Waals surface area contributed by atoms with Gasteiger partial charge in [0.05, 0.1) is 18.6 Å². The molecule has 0 saturated carbocycles. The van der Waals surface area contributed by atoms with Crippen molar-refractivity contribution in [2.45, 2.75) is 39.0 Å². The van der Waals surface area contributed by atoms with Gasteiger partial charge in [0.2, 0.25) is 5.91 Å². The van der Waals surface area contributed by atoms with Crippen LogP contribution in [0.5, 0.6) is 0 Å². The van der Waals surface area contributed by atoms with E-state index in [9.17, 15) is 22.8 Å². The lowest BCUT2D eigenvalue weighted by atomic mass is 10.0. The number of ether oxygens (including phenoxy) is 2. The Morgan fingerprint density at radius 3 is 2.15 bits per heavy atom. The van der Waals surface area contributed by atoms with Crippen molar-refractivity contribution in [3.05, 3.63) is 35.4 Å². The maximum atomic E-state index is 12.7. The summed E-state index contributed by atoms with van der Waals surface area (Å²) in [5.41, 5.74) is 3.47. The minimum absolute atomic E-state index is 0.0279. The normalized spacial score (nSPS) is 11.2. The van der Waals surface area contributed by atoms with Crippen molar-refractivity contribution in [1.29, 1.82) is 0 Å². The molecule has 0 radical (unpaired) electrons. The highest BCUT2D eigenvalue weighted by molar-refractivity contribution is 5.79. The number of nitrogens with one attached hydrogen (secondary N) is 1. The van der Waals surface area contributed by atoms with Crippen LogP contribution in [0.2, 0.25) is 0 Å². The van der Waals surface area contributed by atoms with E-state index in [0.29, 0.717) is 6.61 Å². The SMILES string of the molecule is CC(C)(C)OC(N)=O.COCCNC(=O)Cc1ccccc1C(F)(F)F. The first kappa shape index (κ1) is 23.7. The fourth-order valence-electron chi connectivity index (χ4n) is 1.78. The molecular weight excluding hydrogens is 353 g/mol. The van der Waals surface area contributed by atoms with Crippen molar-refractivity contribution >= 4 is 12.0 Å². The third-order valence-corrected chi connectivity index (χ3v) is 2.71. The zero-order valence-electron chi connectivity index (χ0n) is 15.3. The van der Waals surface area contributed by atoms with Crippen molar-refractivity contribution in [1.82, 2.24) is 5.32 Å². The Morgan fingerprint density at radius 1 is 1.15 bits per heavy atom. The predicted molar refractivity (Wildman–Crippen MR) is 90.5 cm³/mol. The lowest BCUT2D eigenvalue weighted by Gasteiger charge is -2.16. The van der Waals surface area contributed by atoms with Crippen LogP contribution in [0, 0.1) is 0 Å². The summed E-state index contributed by atoms with van der Waals surface area (Å²) in [4.78, 5) is 21.4. The van der Waals surface area contributed by atoms with Crippen LogP contribution in [0.15, 0.2) is 24.3 Å². The zero-order valence-corrected chi connectivity index (χ0v) is 15.3. The molecule has 1 rings (SSSR count). The third-order valence-electron chi connectivity index (χ3n) is 2.71. The van der Waals surface area contributed by atoms with Gasteiger partial charge < -0.3 is 20.5 Å². The van der Waals surface area contributed by atoms with Gasteiger partial charge in [0.1, 0.15) is 5.60 Å². The molecule has 0 saturated heterocycles. The Labute approximate surface area is 150 Å². The molecule has 2 amide bonds. The molecule has 1 aromatic rings. The van der Waals surface area contributed by atoms with Gasteiger partial charge in [-0.1, -0.05) is 18.2 Å². The van der Waals surface area contributed by atoms with Crippen LogP contribution in [-0.4, -0.2) is 37.9 Å². The van der Waals surface area contributed by atoms with E-state index < -0.39 is 29.3 Å². The smallest absolute Gasteiger partial charge is 0.416 e. The summed E-state index contributed by atoms with van der Waals surface area (Å²) in [6.07, 6.45) is -5.46. The molecule has 0 bridgehead atoms. The summed E-state index contributed by atoms with van der Waals surface area (Å²) in [5.74, 6) is -0.455. The summed E-state index contributed by atoms with van der Waals surface area (Å²) in [6, 6.07) is 5.05. The van der Waals surface area contributed by atoms with Crippen molar-refractivity contribution in [3.8, 4) is 0 Å². The van der Waals surface area contributed by atoms with Crippen LogP contribution in [-0.2, 0) is 26.9 Å². The van der Waals surface area contributed by atoms with Crippen molar-refractivity contribution < 1.29 is 32.2 Å². The van der Waals surface area contributed by atoms with E-state index in [4.69, 9.17) is 10.5 Å². The number of halogens is 3. The molecule has 1 aromatic carbocycles. The topological polar surface area (TPSA) is 90.7 Å². The van der Waals surface area contributed by atoms with Gasteiger partial charge in [0.25, 0.3) is 0 Å². The standard InChI is InChI=1S/C12H14F3NO2.C5H11NO2/c1-18-7-6-16-11(17)8-9-4-2-3-5-10(9)12(13,14)15;1-5(2,3)8-4(6)7/h2-5H,6-8H2,1H3,(H,16,17);1-3H3,(H2,6,7). The van der Waals surface area contributed by atoms with Crippen LogP contribution in [0.25, 0.3) is 0 Å². The lowest BCUT2D eigenvalue weighted by Crippen LogP contribution is -2.29. The van der Waals surface area contributed by atoms with E-state index in [-0.39, 0.29) is 18.5 Å². The van der Waals surface area contributed by atoms with Gasteiger partial charge in [-0.2, -0.15) is 13.2 Å². The van der Waals surface area contributed by atoms with Gasteiger partial charge in [0, 0.05) is 13.7 Å². The van der Waals surface area contributed by atoms with Gasteiger partial charge in [0.15, 0.2) is 0 Å². The predicted octanol–water partition coefficient (Wildman–Crippen LogP) is 2.89. The second-order valence-electron chi connectivity index (χ2n) is 6.21. The van der Waals surface area contributed by atoms with Crippen molar-refractivity contribution in [3.63, 3.8) is 0 Å². The second kappa shape index (κ2) is 10.6. The Morgan fingerprint density at radius 2 is 1.73 bits per heavy atom. The molecule has 148 valence electrons. The van der Waals surface area contributed by atoms with Crippen LogP contribution >= 0.6 is 0 Å². The van der Waals surface area contributed by atoms with E-state index in [1.807, 2.05) is 0 Å². The molecule has 0 atom stereocenters. The lowest BCUT2D eigenvalue weighted by molar-refractivity contribution is -0.138. The highest BCUT2D eigenvalue weighted by atomic mass is 19.4. The summed E-state index contributed by atoms with van der Waals surface area (Å²) in [5, 5.41) is 2.48. The molecule has 0 unspecified atom stereocenters. The number of benzene rings is 1. The van der Waals surface area contributed by atoms with Gasteiger partial charge in [-0.25, -0.2) is 4.79 Å². The minimum atomic E-state index is -4.44. The van der Waals surface area contributed by atoms with E-state index in [2.05, 4.69) is 10.1 Å². The van der Waals surface area contributed by atoms with Crippen LogP contribution < -0.4 is 11.1 Å². The second-order valence-corrected chi connectivity index (χ2v) is 6.21. The number of hydrogen-bond donors (Lipinski definition) is 2. The number of carbonyl (C=O) groups excluding carboxylic acids is 2. The quantitative estimate of drug-likeness (QED) is 0.771. The molecule has 3 N–H and O–H groups in total. The van der Waals surface area contributed by atoms with Crippen LogP contribution in [0.4, 0.5) is 18.0 Å². The molecule has 0 aliphatic carbocycles.